The van der Waals surface area contributed by atoms with Gasteiger partial charge in [-0.3, -0.25) is 9.59 Å². The summed E-state index contributed by atoms with van der Waals surface area (Å²) in [6.07, 6.45) is 1.57. The molecule has 7 heteroatoms. The molecule has 3 aromatic rings. The number of hydrogen-bond donors (Lipinski definition) is 2. The van der Waals surface area contributed by atoms with Gasteiger partial charge < -0.3 is 20.5 Å². The van der Waals surface area contributed by atoms with Crippen LogP contribution < -0.4 is 20.5 Å². The summed E-state index contributed by atoms with van der Waals surface area (Å²) in [5.41, 5.74) is 8.91. The lowest BCUT2D eigenvalue weighted by Crippen LogP contribution is -2.17. The van der Waals surface area contributed by atoms with Gasteiger partial charge in [0.15, 0.2) is 11.5 Å². The van der Waals surface area contributed by atoms with Gasteiger partial charge in [-0.2, -0.15) is 0 Å². The van der Waals surface area contributed by atoms with Crippen LogP contribution in [0.3, 0.4) is 0 Å². The Morgan fingerprint density at radius 3 is 2.60 bits per heavy atom. The predicted octanol–water partition coefficient (Wildman–Crippen LogP) is 4.05. The molecule has 2 aromatic carbocycles. The SMILES string of the molecule is Cc1c(Cc2ccc3c(c2)OCO3)sc(NC(=O)CCc2ccccc2)c1C(N)=O. The van der Waals surface area contributed by atoms with Gasteiger partial charge in [0.25, 0.3) is 5.91 Å². The van der Waals surface area contributed by atoms with Crippen LogP contribution in [0.2, 0.25) is 0 Å². The Balaban J connectivity index is 1.50. The number of primary amides is 1. The van der Waals surface area contributed by atoms with Crippen LogP contribution in [0.15, 0.2) is 48.5 Å². The molecule has 3 N–H and O–H groups in total. The zero-order chi connectivity index (χ0) is 21.1. The average molecular weight is 423 g/mol. The van der Waals surface area contributed by atoms with Gasteiger partial charge >= 0.3 is 0 Å². The van der Waals surface area contributed by atoms with Crippen molar-refractivity contribution in [1.29, 1.82) is 0 Å². The minimum absolute atomic E-state index is 0.141. The molecule has 0 spiro atoms. The molecule has 2 amide bonds. The van der Waals surface area contributed by atoms with E-state index in [0.717, 1.165) is 27.3 Å². The van der Waals surface area contributed by atoms with Crippen molar-refractivity contribution < 1.29 is 19.1 Å². The maximum Gasteiger partial charge on any atom is 0.251 e. The van der Waals surface area contributed by atoms with E-state index in [1.54, 1.807) is 0 Å². The fraction of sp³-hybridized carbons (Fsp3) is 0.217. The summed E-state index contributed by atoms with van der Waals surface area (Å²) in [5.74, 6) is 0.758. The molecule has 0 fully saturated rings. The summed E-state index contributed by atoms with van der Waals surface area (Å²) in [6.45, 7) is 2.08. The number of hydrogen-bond acceptors (Lipinski definition) is 5. The summed E-state index contributed by atoms with van der Waals surface area (Å²) < 4.78 is 10.8. The van der Waals surface area contributed by atoms with Crippen molar-refractivity contribution in [2.45, 2.75) is 26.2 Å². The standard InChI is InChI=1S/C23H22N2O4S/c1-14-19(12-16-7-9-17-18(11-16)29-13-28-17)30-23(21(14)22(24)27)25-20(26)10-8-15-5-3-2-4-6-15/h2-7,9,11H,8,10,12-13H2,1H3,(H2,24,27)(H,25,26). The molecule has 0 atom stereocenters. The van der Waals surface area contributed by atoms with Gasteiger partial charge in [-0.05, 0) is 42.2 Å². The number of nitrogens with two attached hydrogens (primary N) is 1. The second-order valence-electron chi connectivity index (χ2n) is 7.12. The first-order valence-electron chi connectivity index (χ1n) is 9.65. The third kappa shape index (κ3) is 4.31. The molecule has 1 aliphatic heterocycles. The highest BCUT2D eigenvalue weighted by atomic mass is 32.1. The van der Waals surface area contributed by atoms with Crippen molar-refractivity contribution in [3.8, 4) is 11.5 Å². The largest absolute Gasteiger partial charge is 0.454 e. The van der Waals surface area contributed by atoms with E-state index in [4.69, 9.17) is 15.2 Å². The predicted molar refractivity (Wildman–Crippen MR) is 116 cm³/mol. The van der Waals surface area contributed by atoms with Gasteiger partial charge in [-0.25, -0.2) is 0 Å². The number of carbonyl (C=O) groups is 2. The van der Waals surface area contributed by atoms with Gasteiger partial charge in [0, 0.05) is 17.7 Å². The van der Waals surface area contributed by atoms with Crippen molar-refractivity contribution in [1.82, 2.24) is 0 Å². The Hall–Kier alpha value is -3.32. The minimum atomic E-state index is -0.543. The van der Waals surface area contributed by atoms with Crippen molar-refractivity contribution in [3.05, 3.63) is 75.7 Å². The highest BCUT2D eigenvalue weighted by Crippen LogP contribution is 2.37. The number of ether oxygens (including phenoxy) is 2. The van der Waals surface area contributed by atoms with Gasteiger partial charge in [0.05, 0.1) is 5.56 Å². The molecular weight excluding hydrogens is 400 g/mol. The van der Waals surface area contributed by atoms with E-state index in [0.29, 0.717) is 35.6 Å². The van der Waals surface area contributed by atoms with Gasteiger partial charge in [0.2, 0.25) is 12.7 Å². The topological polar surface area (TPSA) is 90.7 Å². The van der Waals surface area contributed by atoms with Crippen molar-refractivity contribution in [2.24, 2.45) is 5.73 Å². The van der Waals surface area contributed by atoms with Crippen molar-refractivity contribution in [3.63, 3.8) is 0 Å². The fourth-order valence-corrected chi connectivity index (χ4v) is 4.70. The summed E-state index contributed by atoms with van der Waals surface area (Å²) in [7, 11) is 0. The highest BCUT2D eigenvalue weighted by molar-refractivity contribution is 7.17. The Kier molecular flexibility index (Phi) is 5.72. The molecule has 1 aromatic heterocycles. The molecule has 1 aliphatic rings. The number of thiophene rings is 1. The molecule has 2 heterocycles. The van der Waals surface area contributed by atoms with Gasteiger partial charge in [-0.1, -0.05) is 36.4 Å². The Morgan fingerprint density at radius 1 is 1.07 bits per heavy atom. The summed E-state index contributed by atoms with van der Waals surface area (Å²) >= 11 is 1.39. The van der Waals surface area contributed by atoms with Crippen LogP contribution in [0, 0.1) is 6.92 Å². The molecule has 0 saturated carbocycles. The molecule has 6 nitrogen and oxygen atoms in total. The van der Waals surface area contributed by atoms with E-state index < -0.39 is 5.91 Å². The first-order chi connectivity index (χ1) is 14.5. The zero-order valence-corrected chi connectivity index (χ0v) is 17.4. The maximum atomic E-state index is 12.5. The number of fused-ring (bicyclic) bond motifs is 1. The van der Waals surface area contributed by atoms with Crippen LogP contribution in [-0.2, 0) is 17.6 Å². The molecule has 30 heavy (non-hydrogen) atoms. The molecule has 0 saturated heterocycles. The maximum absolute atomic E-state index is 12.5. The molecule has 0 radical (unpaired) electrons. The Bertz CT molecular complexity index is 1090. The Labute approximate surface area is 178 Å². The summed E-state index contributed by atoms with van der Waals surface area (Å²) in [4.78, 5) is 25.5. The molecule has 0 bridgehead atoms. The lowest BCUT2D eigenvalue weighted by atomic mass is 10.0. The van der Waals surface area contributed by atoms with E-state index in [1.807, 2.05) is 55.5 Å². The molecule has 0 unspecified atom stereocenters. The number of carbonyl (C=O) groups excluding carboxylic acids is 2. The fourth-order valence-electron chi connectivity index (χ4n) is 3.44. The average Bonchev–Trinajstić information content (AvgIpc) is 3.31. The van der Waals surface area contributed by atoms with Crippen molar-refractivity contribution >= 4 is 28.2 Å². The van der Waals surface area contributed by atoms with Gasteiger partial charge in [0.1, 0.15) is 5.00 Å². The lowest BCUT2D eigenvalue weighted by molar-refractivity contribution is -0.116. The Morgan fingerprint density at radius 2 is 1.83 bits per heavy atom. The third-order valence-electron chi connectivity index (χ3n) is 5.03. The molecular formula is C23H22N2O4S. The first-order valence-corrected chi connectivity index (χ1v) is 10.5. The van der Waals surface area contributed by atoms with Gasteiger partial charge in [-0.15, -0.1) is 11.3 Å². The minimum Gasteiger partial charge on any atom is -0.454 e. The van der Waals surface area contributed by atoms with Crippen LogP contribution in [0.4, 0.5) is 5.00 Å². The lowest BCUT2D eigenvalue weighted by Gasteiger charge is -2.05. The van der Waals surface area contributed by atoms with Crippen LogP contribution in [-0.4, -0.2) is 18.6 Å². The van der Waals surface area contributed by atoms with Crippen LogP contribution in [0.25, 0.3) is 0 Å². The molecule has 4 rings (SSSR count). The third-order valence-corrected chi connectivity index (χ3v) is 6.24. The first kappa shape index (κ1) is 20.0. The number of amides is 2. The molecule has 154 valence electrons. The second-order valence-corrected chi connectivity index (χ2v) is 8.22. The number of aryl methyl sites for hydroxylation is 1. The van der Waals surface area contributed by atoms with E-state index in [9.17, 15) is 9.59 Å². The van der Waals surface area contributed by atoms with Crippen LogP contribution in [0.5, 0.6) is 11.5 Å². The number of rotatable bonds is 7. The van der Waals surface area contributed by atoms with E-state index >= 15 is 0 Å². The van der Waals surface area contributed by atoms with E-state index in [-0.39, 0.29) is 12.7 Å². The van der Waals surface area contributed by atoms with Crippen molar-refractivity contribution in [2.75, 3.05) is 12.1 Å². The van der Waals surface area contributed by atoms with E-state index in [1.165, 1.54) is 11.3 Å². The highest BCUT2D eigenvalue weighted by Gasteiger charge is 2.22. The number of benzene rings is 2. The smallest absolute Gasteiger partial charge is 0.251 e. The summed E-state index contributed by atoms with van der Waals surface area (Å²) in [6, 6.07) is 15.6. The monoisotopic (exact) mass is 422 g/mol. The van der Waals surface area contributed by atoms with Crippen LogP contribution >= 0.6 is 11.3 Å². The zero-order valence-electron chi connectivity index (χ0n) is 16.6. The number of anilines is 1. The summed E-state index contributed by atoms with van der Waals surface area (Å²) in [5, 5.41) is 3.39. The second kappa shape index (κ2) is 8.59. The quantitative estimate of drug-likeness (QED) is 0.601. The van der Waals surface area contributed by atoms with E-state index in [2.05, 4.69) is 5.32 Å². The van der Waals surface area contributed by atoms with Crippen LogP contribution in [0.1, 0.15) is 38.3 Å². The number of nitrogens with one attached hydrogen (secondary N) is 1. The molecule has 0 aliphatic carbocycles. The normalized spacial score (nSPS) is 12.0.